The summed E-state index contributed by atoms with van der Waals surface area (Å²) >= 11 is 0. The van der Waals surface area contributed by atoms with Gasteiger partial charge < -0.3 is 15.5 Å². The Labute approximate surface area is 172 Å². The van der Waals surface area contributed by atoms with Crippen molar-refractivity contribution in [2.75, 3.05) is 23.3 Å². The first-order valence-corrected chi connectivity index (χ1v) is 9.88. The highest BCUT2D eigenvalue weighted by Crippen LogP contribution is 2.19. The zero-order chi connectivity index (χ0) is 20.6. The first-order valence-electron chi connectivity index (χ1n) is 9.88. The summed E-state index contributed by atoms with van der Waals surface area (Å²) in [6, 6.07) is 17.8. The van der Waals surface area contributed by atoms with E-state index in [1.807, 2.05) is 37.3 Å². The molecule has 1 heterocycles. The Hall–Kier alpha value is -3.41. The molecule has 0 radical (unpaired) electrons. The Bertz CT molecular complexity index is 951. The SMILES string of the molecule is CCN(CC)c1ccc(Nc2nccc(C(=O)NCc3cccc(C)c3)n2)cc1. The molecule has 6 heteroatoms. The van der Waals surface area contributed by atoms with Crippen LogP contribution >= 0.6 is 0 Å². The molecule has 1 aromatic heterocycles. The van der Waals surface area contributed by atoms with Gasteiger partial charge in [-0.2, -0.15) is 0 Å². The minimum absolute atomic E-state index is 0.228. The molecular formula is C23H27N5O. The predicted octanol–water partition coefficient (Wildman–Crippen LogP) is 4.30. The number of benzene rings is 2. The fourth-order valence-corrected chi connectivity index (χ4v) is 3.11. The maximum atomic E-state index is 12.5. The second kappa shape index (κ2) is 9.68. The normalized spacial score (nSPS) is 10.4. The zero-order valence-corrected chi connectivity index (χ0v) is 17.1. The van der Waals surface area contributed by atoms with Crippen molar-refractivity contribution in [1.82, 2.24) is 15.3 Å². The highest BCUT2D eigenvalue weighted by molar-refractivity contribution is 5.92. The molecule has 3 rings (SSSR count). The van der Waals surface area contributed by atoms with Crippen LogP contribution < -0.4 is 15.5 Å². The van der Waals surface area contributed by atoms with E-state index in [0.717, 1.165) is 29.9 Å². The molecule has 0 aliphatic carbocycles. The van der Waals surface area contributed by atoms with Gasteiger partial charge in [-0.1, -0.05) is 29.8 Å². The van der Waals surface area contributed by atoms with E-state index >= 15 is 0 Å². The summed E-state index contributed by atoms with van der Waals surface area (Å²) in [6.45, 7) is 8.69. The van der Waals surface area contributed by atoms with Gasteiger partial charge in [-0.25, -0.2) is 9.97 Å². The van der Waals surface area contributed by atoms with Gasteiger partial charge in [0, 0.05) is 37.2 Å². The lowest BCUT2D eigenvalue weighted by atomic mass is 10.1. The Morgan fingerprint density at radius 2 is 1.79 bits per heavy atom. The monoisotopic (exact) mass is 389 g/mol. The molecule has 2 aromatic carbocycles. The molecule has 6 nitrogen and oxygen atoms in total. The fourth-order valence-electron chi connectivity index (χ4n) is 3.11. The highest BCUT2D eigenvalue weighted by Gasteiger charge is 2.09. The smallest absolute Gasteiger partial charge is 0.270 e. The van der Waals surface area contributed by atoms with Gasteiger partial charge in [-0.3, -0.25) is 4.79 Å². The van der Waals surface area contributed by atoms with E-state index in [4.69, 9.17) is 0 Å². The van der Waals surface area contributed by atoms with Crippen molar-refractivity contribution in [2.24, 2.45) is 0 Å². The molecule has 0 unspecified atom stereocenters. The van der Waals surface area contributed by atoms with E-state index in [0.29, 0.717) is 18.2 Å². The first kappa shape index (κ1) is 20.3. The van der Waals surface area contributed by atoms with Gasteiger partial charge in [-0.15, -0.1) is 0 Å². The lowest BCUT2D eigenvalue weighted by Gasteiger charge is -2.21. The average molecular weight is 390 g/mol. The number of carbonyl (C=O) groups is 1. The molecular weight excluding hydrogens is 362 g/mol. The first-order chi connectivity index (χ1) is 14.1. The van der Waals surface area contributed by atoms with E-state index in [-0.39, 0.29) is 5.91 Å². The number of aromatic nitrogens is 2. The molecule has 3 aromatic rings. The van der Waals surface area contributed by atoms with Crippen molar-refractivity contribution in [3.8, 4) is 0 Å². The van der Waals surface area contributed by atoms with Crippen LogP contribution in [0, 0.1) is 6.92 Å². The Morgan fingerprint density at radius 3 is 2.48 bits per heavy atom. The molecule has 0 bridgehead atoms. The molecule has 2 N–H and O–H groups in total. The van der Waals surface area contributed by atoms with Crippen LogP contribution in [0.15, 0.2) is 60.8 Å². The third-order valence-electron chi connectivity index (χ3n) is 4.68. The largest absolute Gasteiger partial charge is 0.372 e. The van der Waals surface area contributed by atoms with E-state index in [1.165, 1.54) is 5.69 Å². The van der Waals surface area contributed by atoms with Crippen molar-refractivity contribution < 1.29 is 4.79 Å². The Balaban J connectivity index is 1.63. The van der Waals surface area contributed by atoms with Crippen LogP contribution in [-0.2, 0) is 6.54 Å². The van der Waals surface area contributed by atoms with E-state index in [2.05, 4.69) is 57.5 Å². The predicted molar refractivity (Wildman–Crippen MR) is 118 cm³/mol. The van der Waals surface area contributed by atoms with Gasteiger partial charge in [-0.05, 0) is 56.7 Å². The van der Waals surface area contributed by atoms with Crippen molar-refractivity contribution in [3.63, 3.8) is 0 Å². The summed E-state index contributed by atoms with van der Waals surface area (Å²) < 4.78 is 0. The summed E-state index contributed by atoms with van der Waals surface area (Å²) in [5.41, 5.74) is 4.59. The maximum Gasteiger partial charge on any atom is 0.270 e. The number of rotatable bonds is 8. The highest BCUT2D eigenvalue weighted by atomic mass is 16.1. The van der Waals surface area contributed by atoms with Crippen LogP contribution in [0.4, 0.5) is 17.3 Å². The van der Waals surface area contributed by atoms with Gasteiger partial charge >= 0.3 is 0 Å². The lowest BCUT2D eigenvalue weighted by molar-refractivity contribution is 0.0946. The molecule has 0 spiro atoms. The summed E-state index contributed by atoms with van der Waals surface area (Å²) in [7, 11) is 0. The minimum Gasteiger partial charge on any atom is -0.372 e. The third-order valence-corrected chi connectivity index (χ3v) is 4.68. The topological polar surface area (TPSA) is 70.2 Å². The number of anilines is 3. The molecule has 1 amide bonds. The van der Waals surface area contributed by atoms with Gasteiger partial charge in [0.15, 0.2) is 0 Å². The van der Waals surface area contributed by atoms with E-state index in [9.17, 15) is 4.79 Å². The summed E-state index contributed by atoms with van der Waals surface area (Å²) in [5, 5.41) is 6.07. The third kappa shape index (κ3) is 5.54. The standard InChI is InChI=1S/C23H27N5O/c1-4-28(5-2)20-11-9-19(10-12-20)26-23-24-14-13-21(27-23)22(29)25-16-18-8-6-7-17(3)15-18/h6-15H,4-5,16H2,1-3H3,(H,25,29)(H,24,26,27). The zero-order valence-electron chi connectivity index (χ0n) is 17.1. The number of amides is 1. The van der Waals surface area contributed by atoms with Crippen molar-refractivity contribution in [2.45, 2.75) is 27.3 Å². The number of hydrogen-bond donors (Lipinski definition) is 2. The van der Waals surface area contributed by atoms with Gasteiger partial charge in [0.1, 0.15) is 5.69 Å². The average Bonchev–Trinajstić information content (AvgIpc) is 2.74. The van der Waals surface area contributed by atoms with Crippen molar-refractivity contribution >= 4 is 23.2 Å². The van der Waals surface area contributed by atoms with Crippen LogP contribution in [0.1, 0.15) is 35.5 Å². The molecule has 0 aliphatic rings. The summed E-state index contributed by atoms with van der Waals surface area (Å²) in [6.07, 6.45) is 1.58. The van der Waals surface area contributed by atoms with Gasteiger partial charge in [0.25, 0.3) is 5.91 Å². The summed E-state index contributed by atoms with van der Waals surface area (Å²) in [5.74, 6) is 0.164. The Kier molecular flexibility index (Phi) is 6.79. The second-order valence-corrected chi connectivity index (χ2v) is 6.78. The molecule has 0 atom stereocenters. The number of nitrogens with one attached hydrogen (secondary N) is 2. The van der Waals surface area contributed by atoms with Crippen LogP contribution in [0.25, 0.3) is 0 Å². The van der Waals surface area contributed by atoms with Gasteiger partial charge in [0.05, 0.1) is 0 Å². The van der Waals surface area contributed by atoms with E-state index < -0.39 is 0 Å². The Morgan fingerprint density at radius 1 is 1.03 bits per heavy atom. The molecule has 0 saturated carbocycles. The maximum absolute atomic E-state index is 12.5. The second-order valence-electron chi connectivity index (χ2n) is 6.78. The fraction of sp³-hybridized carbons (Fsp3) is 0.261. The summed E-state index contributed by atoms with van der Waals surface area (Å²) in [4.78, 5) is 23.3. The quantitative estimate of drug-likeness (QED) is 0.601. The number of hydrogen-bond acceptors (Lipinski definition) is 5. The van der Waals surface area contributed by atoms with Crippen LogP contribution in [0.3, 0.4) is 0 Å². The van der Waals surface area contributed by atoms with Crippen LogP contribution in [-0.4, -0.2) is 29.0 Å². The molecule has 0 aliphatic heterocycles. The number of nitrogens with zero attached hydrogens (tertiary/aromatic N) is 3. The minimum atomic E-state index is -0.228. The molecule has 0 fully saturated rings. The van der Waals surface area contributed by atoms with Gasteiger partial charge in [0.2, 0.25) is 5.95 Å². The number of carbonyl (C=O) groups excluding carboxylic acids is 1. The molecule has 150 valence electrons. The van der Waals surface area contributed by atoms with Crippen molar-refractivity contribution in [3.05, 3.63) is 77.6 Å². The van der Waals surface area contributed by atoms with E-state index in [1.54, 1.807) is 12.3 Å². The van der Waals surface area contributed by atoms with Crippen LogP contribution in [0.5, 0.6) is 0 Å². The lowest BCUT2D eigenvalue weighted by Crippen LogP contribution is -2.24. The number of aryl methyl sites for hydroxylation is 1. The molecule has 0 saturated heterocycles. The molecule has 29 heavy (non-hydrogen) atoms. The van der Waals surface area contributed by atoms with Crippen LogP contribution in [0.2, 0.25) is 0 Å². The van der Waals surface area contributed by atoms with Crippen molar-refractivity contribution in [1.29, 1.82) is 0 Å².